The van der Waals surface area contributed by atoms with Crippen LogP contribution in [0.3, 0.4) is 0 Å². The molecule has 1 heterocycles. The summed E-state index contributed by atoms with van der Waals surface area (Å²) in [5, 5.41) is 4.44. The largest absolute Gasteiger partial charge is 0.304 e. The molecule has 0 saturated carbocycles. The second kappa shape index (κ2) is 6.59. The highest BCUT2D eigenvalue weighted by Gasteiger charge is 2.17. The number of benzene rings is 1. The van der Waals surface area contributed by atoms with E-state index in [1.54, 1.807) is 0 Å². The van der Waals surface area contributed by atoms with Crippen LogP contribution in [0.25, 0.3) is 0 Å². The summed E-state index contributed by atoms with van der Waals surface area (Å²) >= 11 is 6.28. The summed E-state index contributed by atoms with van der Waals surface area (Å²) in [5.74, 6) is 0. The summed E-state index contributed by atoms with van der Waals surface area (Å²) in [4.78, 5) is 4.59. The van der Waals surface area contributed by atoms with Gasteiger partial charge in [-0.3, -0.25) is 4.98 Å². The quantitative estimate of drug-likeness (QED) is 0.852. The van der Waals surface area contributed by atoms with Gasteiger partial charge in [-0.2, -0.15) is 0 Å². The van der Waals surface area contributed by atoms with Gasteiger partial charge in [0.25, 0.3) is 0 Å². The molecule has 2 rings (SSSR count). The van der Waals surface area contributed by atoms with Gasteiger partial charge < -0.3 is 5.32 Å². The second-order valence-corrected chi connectivity index (χ2v) is 6.12. The van der Waals surface area contributed by atoms with E-state index < -0.39 is 0 Å². The summed E-state index contributed by atoms with van der Waals surface area (Å²) < 4.78 is 0. The summed E-state index contributed by atoms with van der Waals surface area (Å²) in [5.41, 5.74) is 5.85. The van der Waals surface area contributed by atoms with Gasteiger partial charge in [0.2, 0.25) is 0 Å². The van der Waals surface area contributed by atoms with Gasteiger partial charge in [-0.1, -0.05) is 29.8 Å². The maximum absolute atomic E-state index is 6.28. The molecule has 2 atom stereocenters. The Morgan fingerprint density at radius 2 is 1.71 bits per heavy atom. The molecule has 0 aliphatic carbocycles. The van der Waals surface area contributed by atoms with E-state index in [2.05, 4.69) is 50.1 Å². The lowest BCUT2D eigenvalue weighted by Gasteiger charge is -2.24. The minimum absolute atomic E-state index is 0.189. The Bertz CT molecular complexity index is 614. The number of hydrogen-bond donors (Lipinski definition) is 1. The summed E-state index contributed by atoms with van der Waals surface area (Å²) in [6.45, 7) is 10.6. The average molecular weight is 303 g/mol. The fourth-order valence-corrected chi connectivity index (χ4v) is 3.36. The van der Waals surface area contributed by atoms with Crippen molar-refractivity contribution in [1.29, 1.82) is 0 Å². The predicted octanol–water partition coefficient (Wildman–Crippen LogP) is 5.07. The molecule has 112 valence electrons. The van der Waals surface area contributed by atoms with Gasteiger partial charge in [0.05, 0.1) is 0 Å². The molecule has 0 radical (unpaired) electrons. The highest BCUT2D eigenvalue weighted by Crippen LogP contribution is 2.27. The molecule has 3 heteroatoms. The van der Waals surface area contributed by atoms with E-state index in [1.807, 2.05) is 25.1 Å². The number of nitrogens with zero attached hydrogens (tertiary/aromatic N) is 1. The molecule has 2 unspecified atom stereocenters. The number of pyridine rings is 1. The number of aromatic nitrogens is 1. The van der Waals surface area contributed by atoms with Crippen LogP contribution in [-0.2, 0) is 0 Å². The van der Waals surface area contributed by atoms with E-state index in [0.29, 0.717) is 0 Å². The molecule has 0 aliphatic heterocycles. The monoisotopic (exact) mass is 302 g/mol. The molecule has 0 aliphatic rings. The number of hydrogen-bond acceptors (Lipinski definition) is 2. The van der Waals surface area contributed by atoms with Crippen molar-refractivity contribution >= 4 is 11.6 Å². The summed E-state index contributed by atoms with van der Waals surface area (Å²) in [6, 6.07) is 10.5. The molecule has 2 nitrogen and oxygen atoms in total. The van der Waals surface area contributed by atoms with Crippen LogP contribution in [0.4, 0.5) is 0 Å². The van der Waals surface area contributed by atoms with Crippen molar-refractivity contribution in [3.63, 3.8) is 0 Å². The summed E-state index contributed by atoms with van der Waals surface area (Å²) in [6.07, 6.45) is 0. The number of nitrogens with one attached hydrogen (secondary N) is 1. The number of aryl methyl sites for hydroxylation is 3. The Labute approximate surface area is 132 Å². The molecule has 0 saturated heterocycles. The van der Waals surface area contributed by atoms with Gasteiger partial charge in [-0.25, -0.2) is 0 Å². The first-order valence-corrected chi connectivity index (χ1v) is 7.73. The molecule has 2 aromatic rings. The van der Waals surface area contributed by atoms with Crippen LogP contribution in [0, 0.1) is 20.8 Å². The highest BCUT2D eigenvalue weighted by molar-refractivity contribution is 6.31. The zero-order valence-electron chi connectivity index (χ0n) is 13.4. The maximum Gasteiger partial charge on any atom is 0.0453 e. The zero-order chi connectivity index (χ0) is 15.6. The second-order valence-electron chi connectivity index (χ2n) is 5.71. The standard InChI is InChI=1S/C18H23ClN2/c1-11-10-12(2)20-14(4)18(11)15(5)21-13(3)16-8-6-7-9-17(16)19/h6-10,13,15,21H,1-5H3. The molecule has 0 spiro atoms. The summed E-state index contributed by atoms with van der Waals surface area (Å²) in [7, 11) is 0. The van der Waals surface area contributed by atoms with Gasteiger partial charge in [0, 0.05) is 28.5 Å². The van der Waals surface area contributed by atoms with Crippen LogP contribution in [0.2, 0.25) is 5.02 Å². The predicted molar refractivity (Wildman–Crippen MR) is 89.9 cm³/mol. The van der Waals surface area contributed by atoms with Gasteiger partial charge in [0.1, 0.15) is 0 Å². The molecular formula is C18H23ClN2. The van der Waals surface area contributed by atoms with Gasteiger partial charge >= 0.3 is 0 Å². The van der Waals surface area contributed by atoms with Crippen LogP contribution >= 0.6 is 11.6 Å². The minimum atomic E-state index is 0.189. The van der Waals surface area contributed by atoms with Gasteiger partial charge in [0.15, 0.2) is 0 Å². The van der Waals surface area contributed by atoms with Crippen molar-refractivity contribution in [3.8, 4) is 0 Å². The van der Waals surface area contributed by atoms with E-state index in [0.717, 1.165) is 22.0 Å². The van der Waals surface area contributed by atoms with E-state index in [4.69, 9.17) is 11.6 Å². The Balaban J connectivity index is 2.22. The maximum atomic E-state index is 6.28. The van der Waals surface area contributed by atoms with Gasteiger partial charge in [-0.15, -0.1) is 0 Å². The molecule has 0 fully saturated rings. The molecule has 0 bridgehead atoms. The Kier molecular flexibility index (Phi) is 5.02. The van der Waals surface area contributed by atoms with Crippen molar-refractivity contribution in [1.82, 2.24) is 10.3 Å². The normalized spacial score (nSPS) is 14.0. The lowest BCUT2D eigenvalue weighted by atomic mass is 9.98. The first kappa shape index (κ1) is 16.0. The smallest absolute Gasteiger partial charge is 0.0453 e. The first-order valence-electron chi connectivity index (χ1n) is 7.35. The average Bonchev–Trinajstić information content (AvgIpc) is 2.37. The van der Waals surface area contributed by atoms with Crippen LogP contribution in [0.15, 0.2) is 30.3 Å². The highest BCUT2D eigenvalue weighted by atomic mass is 35.5. The lowest BCUT2D eigenvalue weighted by Crippen LogP contribution is -2.24. The zero-order valence-corrected chi connectivity index (χ0v) is 14.1. The van der Waals surface area contributed by atoms with E-state index >= 15 is 0 Å². The molecule has 1 aromatic heterocycles. The van der Waals surface area contributed by atoms with Crippen molar-refractivity contribution in [2.75, 3.05) is 0 Å². The fourth-order valence-electron chi connectivity index (χ4n) is 3.06. The minimum Gasteiger partial charge on any atom is -0.304 e. The van der Waals surface area contributed by atoms with E-state index in [-0.39, 0.29) is 12.1 Å². The molecule has 21 heavy (non-hydrogen) atoms. The van der Waals surface area contributed by atoms with Crippen LogP contribution in [0.1, 0.15) is 54.0 Å². The van der Waals surface area contributed by atoms with Crippen LogP contribution in [-0.4, -0.2) is 4.98 Å². The van der Waals surface area contributed by atoms with Crippen molar-refractivity contribution in [2.24, 2.45) is 0 Å². The van der Waals surface area contributed by atoms with Crippen molar-refractivity contribution in [3.05, 3.63) is 63.4 Å². The van der Waals surface area contributed by atoms with Crippen LogP contribution < -0.4 is 5.32 Å². The van der Waals surface area contributed by atoms with Gasteiger partial charge in [-0.05, 0) is 63.4 Å². The van der Waals surface area contributed by atoms with Crippen LogP contribution in [0.5, 0.6) is 0 Å². The first-order chi connectivity index (χ1) is 9.90. The third-order valence-electron chi connectivity index (χ3n) is 3.89. The Morgan fingerprint density at radius 1 is 1.05 bits per heavy atom. The van der Waals surface area contributed by atoms with E-state index in [9.17, 15) is 0 Å². The topological polar surface area (TPSA) is 24.9 Å². The number of rotatable bonds is 4. The third-order valence-corrected chi connectivity index (χ3v) is 4.23. The number of halogens is 1. The molecule has 0 amide bonds. The molecule has 1 N–H and O–H groups in total. The fraction of sp³-hybridized carbons (Fsp3) is 0.389. The van der Waals surface area contributed by atoms with E-state index in [1.165, 1.54) is 11.1 Å². The third kappa shape index (κ3) is 3.63. The Morgan fingerprint density at radius 3 is 2.33 bits per heavy atom. The Hall–Kier alpha value is -1.38. The van der Waals surface area contributed by atoms with Crippen molar-refractivity contribution < 1.29 is 0 Å². The van der Waals surface area contributed by atoms with Crippen molar-refractivity contribution in [2.45, 2.75) is 46.7 Å². The molecular weight excluding hydrogens is 280 g/mol. The lowest BCUT2D eigenvalue weighted by molar-refractivity contribution is 0.490. The SMILES string of the molecule is Cc1cc(C)c(C(C)NC(C)c2ccccc2Cl)c(C)n1. The molecule has 1 aromatic carbocycles.